The van der Waals surface area contributed by atoms with Crippen LogP contribution < -0.4 is 5.32 Å². The summed E-state index contributed by atoms with van der Waals surface area (Å²) < 4.78 is 9.01. The first kappa shape index (κ1) is 22.8. The highest BCUT2D eigenvalue weighted by Crippen LogP contribution is 2.25. The number of rotatable bonds is 6. The third-order valence-electron chi connectivity index (χ3n) is 6.00. The average Bonchev–Trinajstić information content (AvgIpc) is 3.35. The second-order valence-electron chi connectivity index (χ2n) is 8.29. The maximum absolute atomic E-state index is 13.2. The van der Waals surface area contributed by atoms with Gasteiger partial charge in [-0.2, -0.15) is 10.2 Å². The van der Waals surface area contributed by atoms with E-state index in [1.165, 1.54) is 11.1 Å². The number of halogens is 1. The molecule has 9 heteroatoms. The van der Waals surface area contributed by atoms with Crippen molar-refractivity contribution in [3.8, 4) is 0 Å². The molecular formula is C24H27ClN6O2. The second kappa shape index (κ2) is 8.86. The van der Waals surface area contributed by atoms with Crippen molar-refractivity contribution in [1.82, 2.24) is 24.7 Å². The standard InChI is InChI=1S/C24H27ClN6O2/c1-13-9-7-8-10-19(13)11-30-17(5)22(15(3)28-30)26-24(32)23-20(18(6)33-29-23)12-31-16(4)21(25)14(2)27-31/h7-10H,11-12H2,1-6H3,(H,26,32). The fourth-order valence-electron chi connectivity index (χ4n) is 3.89. The summed E-state index contributed by atoms with van der Waals surface area (Å²) in [5.74, 6) is 0.212. The Morgan fingerprint density at radius 3 is 2.30 bits per heavy atom. The number of nitrogens with one attached hydrogen (secondary N) is 1. The number of anilines is 1. The Kier molecular flexibility index (Phi) is 6.12. The topological polar surface area (TPSA) is 90.8 Å². The summed E-state index contributed by atoms with van der Waals surface area (Å²) in [6, 6.07) is 8.19. The molecule has 172 valence electrons. The van der Waals surface area contributed by atoms with E-state index in [0.717, 1.165) is 22.8 Å². The van der Waals surface area contributed by atoms with Crippen LogP contribution in [-0.4, -0.2) is 30.6 Å². The van der Waals surface area contributed by atoms with Crippen LogP contribution in [0.15, 0.2) is 28.8 Å². The molecule has 0 aliphatic carbocycles. The molecule has 0 atom stereocenters. The lowest BCUT2D eigenvalue weighted by Crippen LogP contribution is -2.17. The molecule has 1 N–H and O–H groups in total. The Hall–Kier alpha value is -3.39. The highest BCUT2D eigenvalue weighted by molar-refractivity contribution is 6.31. The van der Waals surface area contributed by atoms with Crippen LogP contribution in [0.25, 0.3) is 0 Å². The molecule has 0 fully saturated rings. The van der Waals surface area contributed by atoms with Crippen molar-refractivity contribution in [2.45, 2.75) is 54.6 Å². The Labute approximate surface area is 197 Å². The second-order valence-corrected chi connectivity index (χ2v) is 8.67. The van der Waals surface area contributed by atoms with Crippen molar-refractivity contribution >= 4 is 23.2 Å². The Morgan fingerprint density at radius 2 is 1.64 bits per heavy atom. The lowest BCUT2D eigenvalue weighted by molar-refractivity contribution is 0.101. The highest BCUT2D eigenvalue weighted by atomic mass is 35.5. The first-order valence-electron chi connectivity index (χ1n) is 10.7. The molecule has 3 aromatic heterocycles. The van der Waals surface area contributed by atoms with Gasteiger partial charge < -0.3 is 9.84 Å². The summed E-state index contributed by atoms with van der Waals surface area (Å²) in [5, 5.41) is 16.7. The number of carbonyl (C=O) groups is 1. The summed E-state index contributed by atoms with van der Waals surface area (Å²) >= 11 is 6.28. The normalized spacial score (nSPS) is 11.2. The molecule has 0 saturated carbocycles. The van der Waals surface area contributed by atoms with Crippen LogP contribution in [0.5, 0.6) is 0 Å². The molecule has 0 radical (unpaired) electrons. The van der Waals surface area contributed by atoms with Gasteiger partial charge in [0, 0.05) is 5.56 Å². The van der Waals surface area contributed by atoms with Crippen LogP contribution in [-0.2, 0) is 13.1 Å². The van der Waals surface area contributed by atoms with Crippen molar-refractivity contribution in [2.75, 3.05) is 5.32 Å². The molecule has 0 aliphatic heterocycles. The summed E-state index contributed by atoms with van der Waals surface area (Å²) in [7, 11) is 0. The Bertz CT molecular complexity index is 1350. The zero-order valence-electron chi connectivity index (χ0n) is 19.7. The number of benzene rings is 1. The van der Waals surface area contributed by atoms with Gasteiger partial charge in [-0.05, 0) is 52.7 Å². The van der Waals surface area contributed by atoms with Gasteiger partial charge in [0.1, 0.15) is 5.76 Å². The molecule has 4 rings (SSSR count). The van der Waals surface area contributed by atoms with Crippen molar-refractivity contribution in [3.05, 3.63) is 80.2 Å². The fourth-order valence-corrected chi connectivity index (χ4v) is 4.02. The maximum Gasteiger partial charge on any atom is 0.278 e. The van der Waals surface area contributed by atoms with Crippen LogP contribution in [0.4, 0.5) is 5.69 Å². The lowest BCUT2D eigenvalue weighted by atomic mass is 10.1. The molecule has 0 saturated heterocycles. The van der Waals surface area contributed by atoms with Crippen molar-refractivity contribution < 1.29 is 9.32 Å². The van der Waals surface area contributed by atoms with Gasteiger partial charge in [-0.15, -0.1) is 0 Å². The van der Waals surface area contributed by atoms with Crippen LogP contribution in [0.1, 0.15) is 55.7 Å². The number of carbonyl (C=O) groups excluding carboxylic acids is 1. The number of aryl methyl sites for hydroxylation is 4. The molecule has 1 aromatic carbocycles. The van der Waals surface area contributed by atoms with E-state index < -0.39 is 0 Å². The summed E-state index contributed by atoms with van der Waals surface area (Å²) in [6.45, 7) is 12.4. The predicted octanol–water partition coefficient (Wildman–Crippen LogP) is 4.92. The number of hydrogen-bond acceptors (Lipinski definition) is 5. The average molecular weight is 467 g/mol. The molecule has 8 nitrogen and oxygen atoms in total. The van der Waals surface area contributed by atoms with Gasteiger partial charge in [0.25, 0.3) is 5.91 Å². The van der Waals surface area contributed by atoms with E-state index in [1.807, 2.05) is 44.5 Å². The van der Waals surface area contributed by atoms with E-state index in [9.17, 15) is 4.79 Å². The largest absolute Gasteiger partial charge is 0.361 e. The fraction of sp³-hybridized carbons (Fsp3) is 0.333. The van der Waals surface area contributed by atoms with Gasteiger partial charge in [0.05, 0.1) is 46.6 Å². The predicted molar refractivity (Wildman–Crippen MR) is 127 cm³/mol. The molecule has 33 heavy (non-hydrogen) atoms. The van der Waals surface area contributed by atoms with E-state index in [1.54, 1.807) is 11.6 Å². The molecule has 0 aliphatic rings. The smallest absolute Gasteiger partial charge is 0.278 e. The van der Waals surface area contributed by atoms with Crippen molar-refractivity contribution in [3.63, 3.8) is 0 Å². The van der Waals surface area contributed by atoms with Crippen LogP contribution in [0.2, 0.25) is 5.02 Å². The van der Waals surface area contributed by atoms with Gasteiger partial charge in [-0.3, -0.25) is 14.2 Å². The van der Waals surface area contributed by atoms with Gasteiger partial charge in [0.2, 0.25) is 0 Å². The van der Waals surface area contributed by atoms with E-state index in [4.69, 9.17) is 16.1 Å². The Morgan fingerprint density at radius 1 is 0.970 bits per heavy atom. The zero-order chi connectivity index (χ0) is 23.9. The molecule has 3 heterocycles. The first-order chi connectivity index (χ1) is 15.7. The molecule has 1 amide bonds. The van der Waals surface area contributed by atoms with Crippen molar-refractivity contribution in [2.24, 2.45) is 0 Å². The zero-order valence-corrected chi connectivity index (χ0v) is 20.4. The SMILES string of the molecule is Cc1ccccc1Cn1nc(C)c(NC(=O)c2noc(C)c2Cn2nc(C)c(Cl)c2C)c1C. The van der Waals surface area contributed by atoms with E-state index >= 15 is 0 Å². The van der Waals surface area contributed by atoms with Crippen LogP contribution in [0.3, 0.4) is 0 Å². The molecule has 0 bridgehead atoms. The summed E-state index contributed by atoms with van der Waals surface area (Å²) in [5.41, 5.74) is 7.11. The summed E-state index contributed by atoms with van der Waals surface area (Å²) in [4.78, 5) is 13.2. The third kappa shape index (κ3) is 4.30. The summed E-state index contributed by atoms with van der Waals surface area (Å²) in [6.07, 6.45) is 0. The maximum atomic E-state index is 13.2. The molecular weight excluding hydrogens is 440 g/mol. The van der Waals surface area contributed by atoms with Crippen molar-refractivity contribution in [1.29, 1.82) is 0 Å². The Balaban J connectivity index is 1.59. The van der Waals surface area contributed by atoms with Gasteiger partial charge in [-0.1, -0.05) is 41.0 Å². The lowest BCUT2D eigenvalue weighted by Gasteiger charge is -2.09. The quantitative estimate of drug-likeness (QED) is 0.435. The van der Waals surface area contributed by atoms with Gasteiger partial charge >= 0.3 is 0 Å². The molecule has 0 unspecified atom stereocenters. The number of hydrogen-bond donors (Lipinski definition) is 1. The minimum atomic E-state index is -0.351. The molecule has 4 aromatic rings. The van der Waals surface area contributed by atoms with Gasteiger partial charge in [0.15, 0.2) is 5.69 Å². The van der Waals surface area contributed by atoms with Crippen LogP contribution >= 0.6 is 11.6 Å². The number of nitrogens with zero attached hydrogens (tertiary/aromatic N) is 5. The minimum Gasteiger partial charge on any atom is -0.361 e. The number of aromatic nitrogens is 5. The minimum absolute atomic E-state index is 0.224. The third-order valence-corrected chi connectivity index (χ3v) is 6.55. The van der Waals surface area contributed by atoms with E-state index in [-0.39, 0.29) is 11.6 Å². The van der Waals surface area contributed by atoms with Crippen LogP contribution in [0, 0.1) is 41.5 Å². The highest BCUT2D eigenvalue weighted by Gasteiger charge is 2.24. The van der Waals surface area contributed by atoms with E-state index in [2.05, 4.69) is 39.7 Å². The molecule has 0 spiro atoms. The monoisotopic (exact) mass is 466 g/mol. The number of amides is 1. The van der Waals surface area contributed by atoms with Gasteiger partial charge in [-0.25, -0.2) is 0 Å². The van der Waals surface area contributed by atoms with E-state index in [0.29, 0.717) is 35.1 Å². The first-order valence-corrected chi connectivity index (χ1v) is 11.1.